The molecule has 2 N–H and O–H groups in total. The minimum Gasteiger partial charge on any atom is -0.397 e. The molecule has 2 heteroatoms. The van der Waals surface area contributed by atoms with Crippen molar-refractivity contribution in [1.82, 2.24) is 0 Å². The fourth-order valence-corrected chi connectivity index (χ4v) is 2.44. The number of allylic oxidation sites excluding steroid dienone is 2. The van der Waals surface area contributed by atoms with Crippen LogP contribution in [0.1, 0.15) is 38.8 Å². The van der Waals surface area contributed by atoms with Crippen molar-refractivity contribution in [2.75, 3.05) is 5.75 Å². The Hall–Kier alpha value is -1.41. The van der Waals surface area contributed by atoms with Gasteiger partial charge in [-0.3, -0.25) is 0 Å². The Morgan fingerprint density at radius 3 is 2.05 bits per heavy atom. The first-order chi connectivity index (χ1) is 9.47. The third-order valence-corrected chi connectivity index (χ3v) is 3.79. The molecule has 0 fully saturated rings. The lowest BCUT2D eigenvalue weighted by Gasteiger charge is -2.13. The lowest BCUT2D eigenvalue weighted by Crippen LogP contribution is -2.04. The molecule has 0 aliphatic carbocycles. The van der Waals surface area contributed by atoms with Crippen LogP contribution in [0.25, 0.3) is 5.57 Å². The van der Waals surface area contributed by atoms with E-state index in [0.717, 1.165) is 33.1 Å². The minimum atomic E-state index is 0.734. The topological polar surface area (TPSA) is 26.0 Å². The quantitative estimate of drug-likeness (QED) is 0.721. The maximum atomic E-state index is 6.22. The average molecular weight is 289 g/mol. The van der Waals surface area contributed by atoms with Gasteiger partial charge < -0.3 is 5.73 Å². The number of hydrogen-bond donors (Lipinski definition) is 1. The first-order valence-electron chi connectivity index (χ1n) is 7.02. The van der Waals surface area contributed by atoms with Gasteiger partial charge in [0.1, 0.15) is 0 Å². The van der Waals surface area contributed by atoms with Gasteiger partial charge in [-0.2, -0.15) is 0 Å². The molecule has 20 heavy (non-hydrogen) atoms. The molecule has 0 unspecified atom stereocenters. The molecule has 1 nitrogen and oxygen atoms in total. The van der Waals surface area contributed by atoms with Gasteiger partial charge in [-0.1, -0.05) is 63.8 Å². The number of thioether (sulfide) groups is 1. The Labute approximate surface area is 128 Å². The SMILES string of the molecule is C=C(C)/C(SCC)=C(/N)C(=C)c1ccc(C)cc1.CC. The molecule has 0 aliphatic rings. The summed E-state index contributed by atoms with van der Waals surface area (Å²) < 4.78 is 0. The lowest BCUT2D eigenvalue weighted by molar-refractivity contribution is 1.36. The summed E-state index contributed by atoms with van der Waals surface area (Å²) in [7, 11) is 0. The van der Waals surface area contributed by atoms with E-state index < -0.39 is 0 Å². The predicted octanol–water partition coefficient (Wildman–Crippen LogP) is 5.53. The fraction of sp³-hybridized carbons (Fsp3) is 0.333. The van der Waals surface area contributed by atoms with Crippen molar-refractivity contribution in [3.05, 3.63) is 64.7 Å². The van der Waals surface area contributed by atoms with Gasteiger partial charge in [-0.05, 0) is 36.3 Å². The smallest absolute Gasteiger partial charge is 0.0528 e. The van der Waals surface area contributed by atoms with Crippen LogP contribution in [0.4, 0.5) is 0 Å². The molecule has 0 heterocycles. The predicted molar refractivity (Wildman–Crippen MR) is 95.7 cm³/mol. The maximum Gasteiger partial charge on any atom is 0.0528 e. The van der Waals surface area contributed by atoms with Crippen LogP contribution in [0, 0.1) is 6.92 Å². The first kappa shape index (κ1) is 18.6. The molecule has 0 amide bonds. The summed E-state index contributed by atoms with van der Waals surface area (Å²) in [6.07, 6.45) is 0. The van der Waals surface area contributed by atoms with Gasteiger partial charge in [-0.15, -0.1) is 11.8 Å². The van der Waals surface area contributed by atoms with Crippen molar-refractivity contribution in [2.45, 2.75) is 34.6 Å². The van der Waals surface area contributed by atoms with Crippen LogP contribution in [0.15, 0.2) is 53.6 Å². The van der Waals surface area contributed by atoms with Gasteiger partial charge in [0, 0.05) is 4.91 Å². The summed E-state index contributed by atoms with van der Waals surface area (Å²) in [4.78, 5) is 1.04. The van der Waals surface area contributed by atoms with Crippen LogP contribution in [0.2, 0.25) is 0 Å². The molecular formula is C18H27NS. The summed E-state index contributed by atoms with van der Waals surface area (Å²) in [5.41, 5.74) is 11.1. The molecule has 0 atom stereocenters. The second-order valence-electron chi connectivity index (χ2n) is 4.30. The molecule has 0 spiro atoms. The van der Waals surface area contributed by atoms with Crippen LogP contribution in [0.5, 0.6) is 0 Å². The van der Waals surface area contributed by atoms with Gasteiger partial charge in [0.15, 0.2) is 0 Å². The van der Waals surface area contributed by atoms with Crippen LogP contribution in [-0.2, 0) is 0 Å². The molecule has 1 rings (SSSR count). The van der Waals surface area contributed by atoms with E-state index in [1.54, 1.807) is 11.8 Å². The molecule has 1 aromatic rings. The van der Waals surface area contributed by atoms with Crippen molar-refractivity contribution in [3.8, 4) is 0 Å². The van der Waals surface area contributed by atoms with Gasteiger partial charge >= 0.3 is 0 Å². The molecule has 0 bridgehead atoms. The highest BCUT2D eigenvalue weighted by Gasteiger charge is 2.09. The molecule has 0 saturated heterocycles. The Kier molecular flexibility index (Phi) is 8.82. The van der Waals surface area contributed by atoms with E-state index in [2.05, 4.69) is 51.3 Å². The van der Waals surface area contributed by atoms with Gasteiger partial charge in [0.05, 0.1) is 5.70 Å². The second kappa shape index (κ2) is 9.49. The summed E-state index contributed by atoms with van der Waals surface area (Å²) >= 11 is 1.71. The highest BCUT2D eigenvalue weighted by molar-refractivity contribution is 8.03. The number of rotatable bonds is 5. The number of aryl methyl sites for hydroxylation is 1. The highest BCUT2D eigenvalue weighted by Crippen LogP contribution is 2.30. The molecule has 0 aromatic heterocycles. The Bertz CT molecular complexity index is 481. The lowest BCUT2D eigenvalue weighted by atomic mass is 10.0. The van der Waals surface area contributed by atoms with E-state index in [1.807, 2.05) is 20.8 Å². The van der Waals surface area contributed by atoms with E-state index in [4.69, 9.17) is 5.73 Å². The zero-order valence-corrected chi connectivity index (χ0v) is 14.2. The maximum absolute atomic E-state index is 6.22. The molecule has 0 aliphatic heterocycles. The van der Waals surface area contributed by atoms with Crippen molar-refractivity contribution >= 4 is 17.3 Å². The van der Waals surface area contributed by atoms with E-state index in [-0.39, 0.29) is 0 Å². The number of hydrogen-bond acceptors (Lipinski definition) is 2. The van der Waals surface area contributed by atoms with E-state index in [0.29, 0.717) is 0 Å². The molecule has 0 radical (unpaired) electrons. The van der Waals surface area contributed by atoms with Crippen molar-refractivity contribution in [1.29, 1.82) is 0 Å². The first-order valence-corrected chi connectivity index (χ1v) is 8.00. The molecular weight excluding hydrogens is 262 g/mol. The van der Waals surface area contributed by atoms with Crippen molar-refractivity contribution in [2.24, 2.45) is 5.73 Å². The highest BCUT2D eigenvalue weighted by atomic mass is 32.2. The molecule has 110 valence electrons. The van der Waals surface area contributed by atoms with Crippen LogP contribution in [-0.4, -0.2) is 5.75 Å². The second-order valence-corrected chi connectivity index (χ2v) is 5.57. The summed E-state index contributed by atoms with van der Waals surface area (Å²) in [5.74, 6) is 0.976. The number of nitrogens with two attached hydrogens (primary N) is 1. The molecule has 1 aromatic carbocycles. The largest absolute Gasteiger partial charge is 0.397 e. The average Bonchev–Trinajstić information content (AvgIpc) is 2.46. The van der Waals surface area contributed by atoms with Crippen molar-refractivity contribution < 1.29 is 0 Å². The summed E-state index contributed by atoms with van der Waals surface area (Å²) in [6.45, 7) is 18.2. The van der Waals surface area contributed by atoms with E-state index >= 15 is 0 Å². The van der Waals surface area contributed by atoms with Crippen LogP contribution < -0.4 is 5.73 Å². The zero-order chi connectivity index (χ0) is 15.7. The number of benzene rings is 1. The van der Waals surface area contributed by atoms with E-state index in [1.165, 1.54) is 5.56 Å². The van der Waals surface area contributed by atoms with Gasteiger partial charge in [0.2, 0.25) is 0 Å². The minimum absolute atomic E-state index is 0.734. The van der Waals surface area contributed by atoms with Gasteiger partial charge in [0.25, 0.3) is 0 Å². The van der Waals surface area contributed by atoms with Crippen LogP contribution >= 0.6 is 11.8 Å². The van der Waals surface area contributed by atoms with Crippen molar-refractivity contribution in [3.63, 3.8) is 0 Å². The van der Waals surface area contributed by atoms with Gasteiger partial charge in [-0.25, -0.2) is 0 Å². The Balaban J connectivity index is 0.00000172. The Morgan fingerprint density at radius 1 is 1.15 bits per heavy atom. The van der Waals surface area contributed by atoms with Crippen LogP contribution in [0.3, 0.4) is 0 Å². The summed E-state index contributed by atoms with van der Waals surface area (Å²) in [5, 5.41) is 0. The molecule has 0 saturated carbocycles. The standard InChI is InChI=1S/C16H21NS.C2H6/c1-6-18-16(11(2)3)15(17)13(5)14-9-7-12(4)8-10-14;1-2/h7-10H,2,5-6,17H2,1,3-4H3;1-2H3/b16-15-;. The fourth-order valence-electron chi connectivity index (χ4n) is 1.62. The zero-order valence-electron chi connectivity index (χ0n) is 13.4. The third kappa shape index (κ3) is 5.30. The Morgan fingerprint density at radius 2 is 1.65 bits per heavy atom. The normalized spacial score (nSPS) is 11.1. The summed E-state index contributed by atoms with van der Waals surface area (Å²) in [6, 6.07) is 8.25. The third-order valence-electron chi connectivity index (χ3n) is 2.65. The monoisotopic (exact) mass is 289 g/mol. The van der Waals surface area contributed by atoms with E-state index in [9.17, 15) is 0 Å².